The third-order valence-electron chi connectivity index (χ3n) is 5.05. The Kier molecular flexibility index (Phi) is 7.29. The van der Waals surface area contributed by atoms with Gasteiger partial charge in [-0.05, 0) is 51.1 Å². The van der Waals surface area contributed by atoms with Crippen LogP contribution in [0.25, 0.3) is 11.3 Å². The number of hydrogen-bond donors (Lipinski definition) is 1. The predicted molar refractivity (Wildman–Crippen MR) is 124 cm³/mol. The first kappa shape index (κ1) is 22.6. The van der Waals surface area contributed by atoms with Crippen molar-refractivity contribution in [2.24, 2.45) is 0 Å². The maximum absolute atomic E-state index is 12.5. The SMILES string of the molecule is CCN(CC)C(=O)c1ccc(Nc2ncc(CC(C)=O)c(-c3ccccc3C#N)n2)cc1. The zero-order chi connectivity index (χ0) is 23.1. The molecular formula is C25H25N5O2. The van der Waals surface area contributed by atoms with E-state index in [2.05, 4.69) is 21.4 Å². The summed E-state index contributed by atoms with van der Waals surface area (Å²) in [7, 11) is 0. The Bertz CT molecular complexity index is 1160. The molecule has 1 heterocycles. The molecule has 7 heteroatoms. The van der Waals surface area contributed by atoms with E-state index in [1.165, 1.54) is 6.92 Å². The van der Waals surface area contributed by atoms with Gasteiger partial charge in [-0.1, -0.05) is 18.2 Å². The molecule has 0 aliphatic carbocycles. The highest BCUT2D eigenvalue weighted by Gasteiger charge is 2.15. The average molecular weight is 428 g/mol. The lowest BCUT2D eigenvalue weighted by Crippen LogP contribution is -2.30. The van der Waals surface area contributed by atoms with E-state index in [4.69, 9.17) is 0 Å². The summed E-state index contributed by atoms with van der Waals surface area (Å²) in [5, 5.41) is 12.6. The van der Waals surface area contributed by atoms with E-state index in [9.17, 15) is 14.9 Å². The summed E-state index contributed by atoms with van der Waals surface area (Å²) in [5.74, 6) is 0.308. The normalized spacial score (nSPS) is 10.3. The number of ketones is 1. The summed E-state index contributed by atoms with van der Waals surface area (Å²) < 4.78 is 0. The molecule has 7 nitrogen and oxygen atoms in total. The molecule has 0 radical (unpaired) electrons. The lowest BCUT2D eigenvalue weighted by atomic mass is 9.99. The lowest BCUT2D eigenvalue weighted by molar-refractivity contribution is -0.116. The van der Waals surface area contributed by atoms with Gasteiger partial charge in [-0.25, -0.2) is 9.97 Å². The number of rotatable bonds is 8. The van der Waals surface area contributed by atoms with Crippen molar-refractivity contribution in [3.05, 3.63) is 71.4 Å². The standard InChI is InChI=1S/C25H25N5O2/c1-4-30(5-2)24(32)18-10-12-21(13-11-18)28-25-27-16-20(14-17(3)31)23(29-25)22-9-7-6-8-19(22)15-26/h6-13,16H,4-5,14H2,1-3H3,(H,27,28,29). The molecule has 1 amide bonds. The van der Waals surface area contributed by atoms with Gasteiger partial charge in [-0.2, -0.15) is 5.26 Å². The number of Topliss-reactive ketones (excluding diaryl/α,β-unsaturated/α-hetero) is 1. The second-order valence-corrected chi connectivity index (χ2v) is 7.28. The summed E-state index contributed by atoms with van der Waals surface area (Å²) in [6.45, 7) is 6.72. The van der Waals surface area contributed by atoms with Gasteiger partial charge in [0.1, 0.15) is 5.78 Å². The topological polar surface area (TPSA) is 99.0 Å². The van der Waals surface area contributed by atoms with Gasteiger partial charge in [0.25, 0.3) is 5.91 Å². The smallest absolute Gasteiger partial charge is 0.253 e. The summed E-state index contributed by atoms with van der Waals surface area (Å²) in [4.78, 5) is 35.0. The summed E-state index contributed by atoms with van der Waals surface area (Å²) in [6.07, 6.45) is 1.79. The maximum Gasteiger partial charge on any atom is 0.253 e. The number of carbonyl (C=O) groups is 2. The first-order valence-corrected chi connectivity index (χ1v) is 10.5. The second-order valence-electron chi connectivity index (χ2n) is 7.28. The second kappa shape index (κ2) is 10.3. The number of carbonyl (C=O) groups excluding carboxylic acids is 2. The number of anilines is 2. The highest BCUT2D eigenvalue weighted by molar-refractivity contribution is 5.94. The molecule has 0 aliphatic rings. The Hall–Kier alpha value is -4.05. The largest absolute Gasteiger partial charge is 0.339 e. The van der Waals surface area contributed by atoms with Crippen LogP contribution < -0.4 is 5.32 Å². The number of benzene rings is 2. The quantitative estimate of drug-likeness (QED) is 0.573. The Morgan fingerprint density at radius 2 is 1.75 bits per heavy atom. The molecule has 0 fully saturated rings. The molecule has 0 aliphatic heterocycles. The molecular weight excluding hydrogens is 402 g/mol. The van der Waals surface area contributed by atoms with Crippen LogP contribution in [0.5, 0.6) is 0 Å². The van der Waals surface area contributed by atoms with Gasteiger partial charge in [0.05, 0.1) is 17.3 Å². The highest BCUT2D eigenvalue weighted by Crippen LogP contribution is 2.27. The molecule has 0 spiro atoms. The van der Waals surface area contributed by atoms with Crippen LogP contribution in [-0.4, -0.2) is 39.6 Å². The Balaban J connectivity index is 1.92. The first-order valence-electron chi connectivity index (χ1n) is 10.5. The third kappa shape index (κ3) is 5.16. The van der Waals surface area contributed by atoms with Crippen LogP contribution in [0.2, 0.25) is 0 Å². The van der Waals surface area contributed by atoms with Crippen LogP contribution in [0, 0.1) is 11.3 Å². The molecule has 0 atom stereocenters. The summed E-state index contributed by atoms with van der Waals surface area (Å²) in [6, 6.07) is 16.4. The van der Waals surface area contributed by atoms with E-state index in [0.717, 1.165) is 5.69 Å². The molecule has 3 rings (SSSR count). The molecule has 0 unspecified atom stereocenters. The van der Waals surface area contributed by atoms with Crippen molar-refractivity contribution in [3.63, 3.8) is 0 Å². The fourth-order valence-corrected chi connectivity index (χ4v) is 3.40. The number of amides is 1. The first-order chi connectivity index (χ1) is 15.5. The number of nitrogens with one attached hydrogen (secondary N) is 1. The number of hydrogen-bond acceptors (Lipinski definition) is 6. The van der Waals surface area contributed by atoms with E-state index in [1.54, 1.807) is 47.5 Å². The van der Waals surface area contributed by atoms with E-state index in [1.807, 2.05) is 26.0 Å². The van der Waals surface area contributed by atoms with Gasteiger partial charge < -0.3 is 10.2 Å². The van der Waals surface area contributed by atoms with Crippen LogP contribution >= 0.6 is 0 Å². The number of nitriles is 1. The van der Waals surface area contributed by atoms with E-state index in [-0.39, 0.29) is 18.1 Å². The van der Waals surface area contributed by atoms with E-state index < -0.39 is 0 Å². The highest BCUT2D eigenvalue weighted by atomic mass is 16.2. The van der Waals surface area contributed by atoms with Crippen molar-refractivity contribution in [2.45, 2.75) is 27.2 Å². The van der Waals surface area contributed by atoms with Gasteiger partial charge in [0.15, 0.2) is 0 Å². The van der Waals surface area contributed by atoms with Crippen molar-refractivity contribution in [2.75, 3.05) is 18.4 Å². The van der Waals surface area contributed by atoms with Gasteiger partial charge in [0.2, 0.25) is 5.95 Å². The zero-order valence-electron chi connectivity index (χ0n) is 18.4. The zero-order valence-corrected chi connectivity index (χ0v) is 18.4. The van der Waals surface area contributed by atoms with Gasteiger partial charge in [-0.15, -0.1) is 0 Å². The van der Waals surface area contributed by atoms with Crippen molar-refractivity contribution in [1.29, 1.82) is 5.26 Å². The molecule has 162 valence electrons. The fourth-order valence-electron chi connectivity index (χ4n) is 3.40. The Labute approximate surface area is 187 Å². The third-order valence-corrected chi connectivity index (χ3v) is 5.05. The van der Waals surface area contributed by atoms with E-state index >= 15 is 0 Å². The molecule has 1 aromatic heterocycles. The molecule has 32 heavy (non-hydrogen) atoms. The van der Waals surface area contributed by atoms with Gasteiger partial charge in [0, 0.05) is 48.1 Å². The monoisotopic (exact) mass is 427 g/mol. The predicted octanol–water partition coefficient (Wildman–Crippen LogP) is 4.37. The van der Waals surface area contributed by atoms with Crippen LogP contribution in [0.3, 0.4) is 0 Å². The fraction of sp³-hybridized carbons (Fsp3) is 0.240. The molecule has 0 saturated heterocycles. The van der Waals surface area contributed by atoms with E-state index in [0.29, 0.717) is 47.0 Å². The molecule has 3 aromatic rings. The maximum atomic E-state index is 12.5. The van der Waals surface area contributed by atoms with Crippen molar-refractivity contribution in [3.8, 4) is 17.3 Å². The van der Waals surface area contributed by atoms with Gasteiger partial charge >= 0.3 is 0 Å². The number of nitrogens with zero attached hydrogens (tertiary/aromatic N) is 4. The Morgan fingerprint density at radius 1 is 1.06 bits per heavy atom. The van der Waals surface area contributed by atoms with Crippen LogP contribution in [0.1, 0.15) is 42.3 Å². The minimum absolute atomic E-state index is 0.0122. The van der Waals surface area contributed by atoms with Crippen LogP contribution in [0.4, 0.5) is 11.6 Å². The Morgan fingerprint density at radius 3 is 2.38 bits per heavy atom. The van der Waals surface area contributed by atoms with Crippen molar-refractivity contribution in [1.82, 2.24) is 14.9 Å². The van der Waals surface area contributed by atoms with Crippen molar-refractivity contribution < 1.29 is 9.59 Å². The van der Waals surface area contributed by atoms with Crippen LogP contribution in [-0.2, 0) is 11.2 Å². The lowest BCUT2D eigenvalue weighted by Gasteiger charge is -2.18. The summed E-state index contributed by atoms with van der Waals surface area (Å²) in [5.41, 5.74) is 3.66. The van der Waals surface area contributed by atoms with Crippen molar-refractivity contribution >= 4 is 23.3 Å². The summed E-state index contributed by atoms with van der Waals surface area (Å²) >= 11 is 0. The number of aromatic nitrogens is 2. The molecule has 0 saturated carbocycles. The molecule has 2 aromatic carbocycles. The minimum Gasteiger partial charge on any atom is -0.339 e. The minimum atomic E-state index is -0.0153. The van der Waals surface area contributed by atoms with Gasteiger partial charge in [-0.3, -0.25) is 9.59 Å². The average Bonchev–Trinajstić information content (AvgIpc) is 2.81. The van der Waals surface area contributed by atoms with Crippen LogP contribution in [0.15, 0.2) is 54.7 Å². The molecule has 0 bridgehead atoms. The molecule has 1 N–H and O–H groups in total.